The maximum Gasteiger partial charge on any atom is 0.0474 e. The van der Waals surface area contributed by atoms with Gasteiger partial charge in [-0.15, -0.1) is 0 Å². The number of nitrogens with one attached hydrogen (secondary N) is 1. The molecule has 2 aliphatic carbocycles. The van der Waals surface area contributed by atoms with E-state index in [9.17, 15) is 5.11 Å². The van der Waals surface area contributed by atoms with E-state index in [1.807, 2.05) is 0 Å². The molecule has 0 aromatic heterocycles. The number of aliphatic hydroxyl groups is 1. The summed E-state index contributed by atoms with van der Waals surface area (Å²) in [6.07, 6.45) is 10.5. The van der Waals surface area contributed by atoms with Crippen molar-refractivity contribution in [1.29, 1.82) is 0 Å². The molecule has 17 heavy (non-hydrogen) atoms. The fourth-order valence-electron chi connectivity index (χ4n) is 3.79. The first-order valence-corrected chi connectivity index (χ1v) is 7.48. The Labute approximate surface area is 106 Å². The van der Waals surface area contributed by atoms with E-state index in [-0.39, 0.29) is 0 Å². The van der Waals surface area contributed by atoms with Crippen LogP contribution in [-0.4, -0.2) is 23.8 Å². The van der Waals surface area contributed by atoms with Gasteiger partial charge in [-0.1, -0.05) is 33.1 Å². The second-order valence-electron chi connectivity index (χ2n) is 6.96. The second kappa shape index (κ2) is 5.71. The van der Waals surface area contributed by atoms with Gasteiger partial charge in [0.1, 0.15) is 0 Å². The van der Waals surface area contributed by atoms with Gasteiger partial charge in [-0.25, -0.2) is 0 Å². The van der Waals surface area contributed by atoms with Crippen LogP contribution in [0, 0.1) is 11.3 Å². The van der Waals surface area contributed by atoms with E-state index in [0.717, 1.165) is 0 Å². The number of hydrogen-bond acceptors (Lipinski definition) is 2. The highest BCUT2D eigenvalue weighted by atomic mass is 16.3. The summed E-state index contributed by atoms with van der Waals surface area (Å²) in [6, 6.07) is 1.27. The average Bonchev–Trinajstić information content (AvgIpc) is 2.28. The van der Waals surface area contributed by atoms with Crippen molar-refractivity contribution >= 4 is 0 Å². The maximum absolute atomic E-state index is 9.45. The van der Waals surface area contributed by atoms with Crippen molar-refractivity contribution in [1.82, 2.24) is 5.32 Å². The quantitative estimate of drug-likeness (QED) is 0.793. The van der Waals surface area contributed by atoms with Gasteiger partial charge in [-0.3, -0.25) is 0 Å². The minimum absolute atomic E-state index is 0.369. The molecule has 0 aromatic carbocycles. The molecule has 2 saturated carbocycles. The zero-order valence-electron chi connectivity index (χ0n) is 11.5. The van der Waals surface area contributed by atoms with E-state index in [0.29, 0.717) is 30.0 Å². The first-order chi connectivity index (χ1) is 8.11. The van der Waals surface area contributed by atoms with Crippen LogP contribution in [0.25, 0.3) is 0 Å². The summed E-state index contributed by atoms with van der Waals surface area (Å²) in [6.45, 7) is 5.16. The minimum Gasteiger partial charge on any atom is -0.396 e. The van der Waals surface area contributed by atoms with Crippen molar-refractivity contribution < 1.29 is 5.11 Å². The maximum atomic E-state index is 9.45. The summed E-state index contributed by atoms with van der Waals surface area (Å²) < 4.78 is 0. The molecule has 0 amide bonds. The van der Waals surface area contributed by atoms with E-state index >= 15 is 0 Å². The number of rotatable bonds is 3. The molecule has 2 nitrogen and oxygen atoms in total. The van der Waals surface area contributed by atoms with Crippen molar-refractivity contribution in [3.63, 3.8) is 0 Å². The van der Waals surface area contributed by atoms with Crippen LogP contribution in [0.4, 0.5) is 0 Å². The Morgan fingerprint density at radius 1 is 1.12 bits per heavy atom. The topological polar surface area (TPSA) is 32.3 Å². The largest absolute Gasteiger partial charge is 0.396 e. The molecule has 3 unspecified atom stereocenters. The summed E-state index contributed by atoms with van der Waals surface area (Å²) >= 11 is 0. The highest BCUT2D eigenvalue weighted by Gasteiger charge is 2.31. The normalized spacial score (nSPS) is 37.9. The van der Waals surface area contributed by atoms with Crippen LogP contribution in [0.3, 0.4) is 0 Å². The van der Waals surface area contributed by atoms with Gasteiger partial charge in [0, 0.05) is 18.7 Å². The molecule has 3 atom stereocenters. The number of aliphatic hydroxyl groups excluding tert-OH is 1. The molecule has 0 radical (unpaired) electrons. The molecule has 0 spiro atoms. The highest BCUT2D eigenvalue weighted by molar-refractivity contribution is 4.88. The lowest BCUT2D eigenvalue weighted by atomic mass is 9.74. The predicted octanol–water partition coefficient (Wildman–Crippen LogP) is 3.10. The van der Waals surface area contributed by atoms with E-state index < -0.39 is 0 Å². The van der Waals surface area contributed by atoms with Gasteiger partial charge < -0.3 is 10.4 Å². The summed E-state index contributed by atoms with van der Waals surface area (Å²) in [5.41, 5.74) is 0.513. The van der Waals surface area contributed by atoms with Gasteiger partial charge in [0.25, 0.3) is 0 Å². The Hall–Kier alpha value is -0.0800. The van der Waals surface area contributed by atoms with E-state index in [1.54, 1.807) is 0 Å². The lowest BCUT2D eigenvalue weighted by Crippen LogP contribution is -2.48. The fourth-order valence-corrected chi connectivity index (χ4v) is 3.79. The van der Waals surface area contributed by atoms with Crippen molar-refractivity contribution in [3.8, 4) is 0 Å². The van der Waals surface area contributed by atoms with Crippen molar-refractivity contribution in [2.45, 2.75) is 77.3 Å². The monoisotopic (exact) mass is 239 g/mol. The van der Waals surface area contributed by atoms with Crippen LogP contribution < -0.4 is 5.32 Å². The third kappa shape index (κ3) is 3.69. The third-order valence-corrected chi connectivity index (χ3v) is 4.80. The Kier molecular flexibility index (Phi) is 4.48. The van der Waals surface area contributed by atoms with E-state index in [2.05, 4.69) is 19.2 Å². The molecule has 0 aliphatic heterocycles. The Bertz CT molecular complexity index is 239. The molecule has 0 saturated heterocycles. The average molecular weight is 239 g/mol. The summed E-state index contributed by atoms with van der Waals surface area (Å²) in [5.74, 6) is 0.508. The van der Waals surface area contributed by atoms with Crippen LogP contribution in [0.2, 0.25) is 0 Å². The molecule has 2 heteroatoms. The molecule has 0 bridgehead atoms. The van der Waals surface area contributed by atoms with Crippen LogP contribution in [0.5, 0.6) is 0 Å². The highest BCUT2D eigenvalue weighted by Crippen LogP contribution is 2.36. The lowest BCUT2D eigenvalue weighted by Gasteiger charge is -2.40. The first kappa shape index (κ1) is 13.4. The minimum atomic E-state index is 0.369. The van der Waals surface area contributed by atoms with Crippen LogP contribution in [0.15, 0.2) is 0 Å². The Morgan fingerprint density at radius 2 is 1.88 bits per heavy atom. The Balaban J connectivity index is 1.86. The van der Waals surface area contributed by atoms with Gasteiger partial charge in [0.05, 0.1) is 0 Å². The van der Waals surface area contributed by atoms with Crippen LogP contribution >= 0.6 is 0 Å². The van der Waals surface area contributed by atoms with Crippen molar-refractivity contribution in [2.24, 2.45) is 11.3 Å². The van der Waals surface area contributed by atoms with Gasteiger partial charge in [-0.05, 0) is 43.4 Å². The molecular formula is C15H29NO. The summed E-state index contributed by atoms with van der Waals surface area (Å²) in [4.78, 5) is 0. The van der Waals surface area contributed by atoms with Crippen LogP contribution in [0.1, 0.15) is 65.2 Å². The van der Waals surface area contributed by atoms with E-state index in [1.165, 1.54) is 51.4 Å². The molecule has 2 fully saturated rings. The third-order valence-electron chi connectivity index (χ3n) is 4.80. The molecule has 2 aliphatic rings. The summed E-state index contributed by atoms with van der Waals surface area (Å²) in [5, 5.41) is 13.3. The molecule has 2 N–H and O–H groups in total. The summed E-state index contributed by atoms with van der Waals surface area (Å²) in [7, 11) is 0. The van der Waals surface area contributed by atoms with E-state index in [4.69, 9.17) is 0 Å². The first-order valence-electron chi connectivity index (χ1n) is 7.48. The second-order valence-corrected chi connectivity index (χ2v) is 6.96. The lowest BCUT2D eigenvalue weighted by molar-refractivity contribution is 0.123. The predicted molar refractivity (Wildman–Crippen MR) is 72.0 cm³/mol. The van der Waals surface area contributed by atoms with Crippen LogP contribution in [-0.2, 0) is 0 Å². The smallest absolute Gasteiger partial charge is 0.0474 e. The molecule has 0 heterocycles. The molecule has 2 rings (SSSR count). The fraction of sp³-hybridized carbons (Fsp3) is 1.00. The standard InChI is InChI=1S/C15H29NO/c1-15(2)9-5-7-13(10-15)16-14-8-4-3-6-12(14)11-17/h12-14,16-17H,3-11H2,1-2H3. The van der Waals surface area contributed by atoms with Crippen molar-refractivity contribution in [2.75, 3.05) is 6.61 Å². The molecule has 0 aromatic rings. The SMILES string of the molecule is CC1(C)CCCC(NC2CCCCC2CO)C1. The zero-order valence-corrected chi connectivity index (χ0v) is 11.5. The van der Waals surface area contributed by atoms with Gasteiger partial charge in [-0.2, -0.15) is 0 Å². The Morgan fingerprint density at radius 3 is 2.59 bits per heavy atom. The zero-order chi connectivity index (χ0) is 12.3. The molecule has 100 valence electrons. The number of hydrogen-bond donors (Lipinski definition) is 2. The van der Waals surface area contributed by atoms with Crippen molar-refractivity contribution in [3.05, 3.63) is 0 Å². The van der Waals surface area contributed by atoms with Gasteiger partial charge in [0.15, 0.2) is 0 Å². The molecular weight excluding hydrogens is 210 g/mol. The van der Waals surface area contributed by atoms with Gasteiger partial charge >= 0.3 is 0 Å². The van der Waals surface area contributed by atoms with Gasteiger partial charge in [0.2, 0.25) is 0 Å².